The maximum atomic E-state index is 12.2. The third-order valence-electron chi connectivity index (χ3n) is 5.28. The summed E-state index contributed by atoms with van der Waals surface area (Å²) >= 11 is -1.82. The van der Waals surface area contributed by atoms with Crippen molar-refractivity contribution in [2.45, 2.75) is 49.6 Å². The van der Waals surface area contributed by atoms with Crippen LogP contribution in [0.1, 0.15) is 32.1 Å². The van der Waals surface area contributed by atoms with E-state index in [1.807, 2.05) is 0 Å². The number of fused-ring (bicyclic) bond motifs is 2. The summed E-state index contributed by atoms with van der Waals surface area (Å²) in [6, 6.07) is 0. The highest BCUT2D eigenvalue weighted by Gasteiger charge is 2.56. The Morgan fingerprint density at radius 3 is 2.59 bits per heavy atom. The summed E-state index contributed by atoms with van der Waals surface area (Å²) in [5.41, 5.74) is 0. The first-order valence-electron chi connectivity index (χ1n) is 8.06. The number of carbonyl (C=O) groups excluding carboxylic acids is 1. The molecule has 5 nitrogen and oxygen atoms in total. The van der Waals surface area contributed by atoms with Crippen molar-refractivity contribution in [2.24, 2.45) is 11.8 Å². The Labute approximate surface area is 137 Å². The number of hydrogen-bond acceptors (Lipinski definition) is 4. The van der Waals surface area contributed by atoms with Crippen LogP contribution in [0.3, 0.4) is 0 Å². The monoisotopic (exact) mass is 349 g/mol. The summed E-state index contributed by atoms with van der Waals surface area (Å²) in [7, 11) is 1.80. The van der Waals surface area contributed by atoms with Crippen molar-refractivity contribution in [2.75, 3.05) is 24.4 Å². The minimum Gasteiger partial charge on any atom is -0.456 e. The molecule has 0 spiro atoms. The summed E-state index contributed by atoms with van der Waals surface area (Å²) in [6.07, 6.45) is 4.80. The van der Waals surface area contributed by atoms with Crippen LogP contribution >= 0.6 is 0 Å². The van der Waals surface area contributed by atoms with Crippen LogP contribution in [-0.2, 0) is 36.2 Å². The van der Waals surface area contributed by atoms with Crippen molar-refractivity contribution < 1.29 is 23.0 Å². The van der Waals surface area contributed by atoms with Crippen molar-refractivity contribution in [3.05, 3.63) is 0 Å². The molecule has 1 N–H and O–H groups in total. The Hall–Kier alpha value is -0.110. The summed E-state index contributed by atoms with van der Waals surface area (Å²) in [5, 5.41) is -0.231. The summed E-state index contributed by atoms with van der Waals surface area (Å²) in [4.78, 5) is 12.2. The van der Waals surface area contributed by atoms with Gasteiger partial charge in [0, 0.05) is 18.9 Å². The molecule has 3 fully saturated rings. The van der Waals surface area contributed by atoms with E-state index in [2.05, 4.69) is 0 Å². The molecule has 7 heteroatoms. The Morgan fingerprint density at radius 1 is 1.23 bits per heavy atom. The molecule has 6 unspecified atom stereocenters. The smallest absolute Gasteiger partial charge is 0.356 e. The maximum absolute atomic E-state index is 12.2. The number of methoxy groups -OCH3 is 1. The first-order valence-corrected chi connectivity index (χ1v) is 11.0. The zero-order valence-corrected chi connectivity index (χ0v) is 14.6. The van der Waals surface area contributed by atoms with Crippen LogP contribution in [0.25, 0.3) is 0 Å². The van der Waals surface area contributed by atoms with Crippen molar-refractivity contribution in [1.82, 2.24) is 0 Å². The summed E-state index contributed by atoms with van der Waals surface area (Å²) in [5.74, 6) is 2.97. The highest BCUT2D eigenvalue weighted by atomic mass is 32.2. The Bertz CT molecular complexity index is 438. The van der Waals surface area contributed by atoms with Gasteiger partial charge < -0.3 is 14.0 Å². The minimum atomic E-state index is -1.82. The van der Waals surface area contributed by atoms with Crippen molar-refractivity contribution in [3.63, 3.8) is 0 Å². The minimum absolute atomic E-state index is 0.0377. The molecule has 3 aliphatic rings. The largest absolute Gasteiger partial charge is 0.456 e. The average molecular weight is 349 g/mol. The normalized spacial score (nSPS) is 39.8. The van der Waals surface area contributed by atoms with E-state index < -0.39 is 11.1 Å². The molecule has 0 aromatic heterocycles. The van der Waals surface area contributed by atoms with Gasteiger partial charge in [-0.3, -0.25) is 0 Å². The average Bonchev–Trinajstić information content (AvgIpc) is 3.06. The van der Waals surface area contributed by atoms with E-state index >= 15 is 0 Å². The molecule has 6 atom stereocenters. The Kier molecular flexibility index (Phi) is 5.47. The standard InChI is InChI=1S/C15H24O5S2/c1-19-15-11-7-10(8-12(11)22(17)18)14(15)20-13(16)9-21-5-3-2-4-6-21/h10-12,14-15H,2-9H2,1H3/p+1. The lowest BCUT2D eigenvalue weighted by atomic mass is 9.94. The van der Waals surface area contributed by atoms with Crippen molar-refractivity contribution in [1.29, 1.82) is 0 Å². The van der Waals surface area contributed by atoms with Crippen LogP contribution in [0.4, 0.5) is 0 Å². The highest BCUT2D eigenvalue weighted by molar-refractivity contribution is 7.97. The number of rotatable bonds is 5. The third kappa shape index (κ3) is 3.37. The molecule has 2 saturated carbocycles. The fourth-order valence-electron chi connectivity index (χ4n) is 4.29. The van der Waals surface area contributed by atoms with Crippen LogP contribution in [0.2, 0.25) is 0 Å². The van der Waals surface area contributed by atoms with E-state index in [1.54, 1.807) is 7.11 Å². The molecule has 1 saturated heterocycles. The molecule has 126 valence electrons. The van der Waals surface area contributed by atoms with E-state index in [1.165, 1.54) is 19.3 Å². The van der Waals surface area contributed by atoms with Crippen LogP contribution < -0.4 is 0 Å². The Balaban J connectivity index is 1.56. The van der Waals surface area contributed by atoms with Gasteiger partial charge in [0.1, 0.15) is 17.6 Å². The molecular formula is C15H25O5S2+. The number of carbonyl (C=O) groups is 1. The second kappa shape index (κ2) is 7.20. The number of esters is 1. The van der Waals surface area contributed by atoms with Gasteiger partial charge >= 0.3 is 5.97 Å². The zero-order chi connectivity index (χ0) is 15.7. The van der Waals surface area contributed by atoms with Gasteiger partial charge in [-0.05, 0) is 43.0 Å². The van der Waals surface area contributed by atoms with Crippen LogP contribution in [0, 0.1) is 11.8 Å². The first kappa shape index (κ1) is 16.7. The van der Waals surface area contributed by atoms with E-state index in [0.717, 1.165) is 17.9 Å². The lowest BCUT2D eigenvalue weighted by molar-refractivity contribution is -0.157. The third-order valence-corrected chi connectivity index (χ3v) is 8.72. The number of ether oxygens (including phenoxy) is 2. The van der Waals surface area contributed by atoms with Gasteiger partial charge in [0.15, 0.2) is 11.1 Å². The van der Waals surface area contributed by atoms with Gasteiger partial charge in [0.25, 0.3) is 0 Å². The van der Waals surface area contributed by atoms with E-state index in [4.69, 9.17) is 9.47 Å². The molecular weight excluding hydrogens is 324 g/mol. The van der Waals surface area contributed by atoms with Gasteiger partial charge in [-0.1, -0.05) is 0 Å². The lowest BCUT2D eigenvalue weighted by Gasteiger charge is -2.32. The van der Waals surface area contributed by atoms with Gasteiger partial charge in [0.2, 0.25) is 5.75 Å². The fraction of sp³-hybridized carbons (Fsp3) is 0.933. The zero-order valence-electron chi connectivity index (χ0n) is 12.9. The SMILES string of the molecule is COC1C2CC(CC2S(=O)O)C1OC(=O)C[S+]1CCCCC1. The topological polar surface area (TPSA) is 72.8 Å². The molecule has 0 aromatic carbocycles. The number of hydrogen-bond donors (Lipinski definition) is 1. The van der Waals surface area contributed by atoms with E-state index in [0.29, 0.717) is 12.2 Å². The maximum Gasteiger partial charge on any atom is 0.356 e. The van der Waals surface area contributed by atoms with Crippen molar-refractivity contribution in [3.8, 4) is 0 Å². The van der Waals surface area contributed by atoms with Crippen molar-refractivity contribution >= 4 is 27.9 Å². The van der Waals surface area contributed by atoms with Gasteiger partial charge in [-0.25, -0.2) is 9.00 Å². The molecule has 22 heavy (non-hydrogen) atoms. The van der Waals surface area contributed by atoms with Crippen LogP contribution in [-0.4, -0.2) is 56.6 Å². The first-order chi connectivity index (χ1) is 10.6. The Morgan fingerprint density at radius 2 is 1.95 bits per heavy atom. The molecule has 2 bridgehead atoms. The molecule has 0 amide bonds. The fourth-order valence-corrected chi connectivity index (χ4v) is 7.38. The van der Waals surface area contributed by atoms with Crippen LogP contribution in [0.5, 0.6) is 0 Å². The van der Waals surface area contributed by atoms with Gasteiger partial charge in [0.05, 0.1) is 11.4 Å². The van der Waals surface area contributed by atoms with E-state index in [-0.39, 0.29) is 46.2 Å². The highest BCUT2D eigenvalue weighted by Crippen LogP contribution is 2.49. The molecule has 1 heterocycles. The molecule has 1 aliphatic heterocycles. The quantitative estimate of drug-likeness (QED) is 0.461. The molecule has 0 aromatic rings. The van der Waals surface area contributed by atoms with Crippen LogP contribution in [0.15, 0.2) is 0 Å². The van der Waals surface area contributed by atoms with Gasteiger partial charge in [-0.15, -0.1) is 0 Å². The molecule has 0 radical (unpaired) electrons. The summed E-state index contributed by atoms with van der Waals surface area (Å²) in [6.45, 7) is 0. The lowest BCUT2D eigenvalue weighted by Crippen LogP contribution is -2.45. The molecule has 2 aliphatic carbocycles. The predicted molar refractivity (Wildman–Crippen MR) is 87.3 cm³/mol. The molecule has 3 rings (SSSR count). The second-order valence-corrected chi connectivity index (χ2v) is 10.1. The summed E-state index contributed by atoms with van der Waals surface area (Å²) < 4.78 is 32.0. The predicted octanol–water partition coefficient (Wildman–Crippen LogP) is 1.35. The van der Waals surface area contributed by atoms with E-state index in [9.17, 15) is 13.6 Å². The van der Waals surface area contributed by atoms with Gasteiger partial charge in [-0.2, -0.15) is 0 Å². The second-order valence-electron chi connectivity index (χ2n) is 6.59.